The Bertz CT molecular complexity index is 404. The molecule has 0 aliphatic rings. The molecule has 3 nitrogen and oxygen atoms in total. The van der Waals surface area contributed by atoms with Crippen LogP contribution in [0.3, 0.4) is 0 Å². The number of para-hydroxylation sites is 1. The third-order valence-corrected chi connectivity index (χ3v) is 3.10. The summed E-state index contributed by atoms with van der Waals surface area (Å²) in [5.41, 5.74) is 1.15. The van der Waals surface area contributed by atoms with Crippen molar-refractivity contribution in [3.63, 3.8) is 0 Å². The van der Waals surface area contributed by atoms with Crippen LogP contribution >= 0.6 is 24.8 Å². The van der Waals surface area contributed by atoms with Crippen molar-refractivity contribution in [2.75, 3.05) is 32.8 Å². The molecule has 1 aromatic rings. The van der Waals surface area contributed by atoms with Gasteiger partial charge in [-0.05, 0) is 19.2 Å². The summed E-state index contributed by atoms with van der Waals surface area (Å²) in [7, 11) is 0. The minimum absolute atomic E-state index is 0. The molecule has 0 amide bonds. The Labute approximate surface area is 141 Å². The van der Waals surface area contributed by atoms with Crippen molar-refractivity contribution in [2.45, 2.75) is 20.4 Å². The Morgan fingerprint density at radius 3 is 2.48 bits per heavy atom. The van der Waals surface area contributed by atoms with Crippen LogP contribution in [0.5, 0.6) is 5.75 Å². The van der Waals surface area contributed by atoms with E-state index >= 15 is 0 Å². The summed E-state index contributed by atoms with van der Waals surface area (Å²) in [6.07, 6.45) is 5.22. The van der Waals surface area contributed by atoms with Crippen molar-refractivity contribution in [3.05, 3.63) is 29.8 Å². The molecule has 0 spiro atoms. The first-order valence-electron chi connectivity index (χ1n) is 6.89. The number of nitrogens with one attached hydrogen (secondary N) is 1. The van der Waals surface area contributed by atoms with Gasteiger partial charge in [0.2, 0.25) is 0 Å². The third kappa shape index (κ3) is 8.85. The van der Waals surface area contributed by atoms with E-state index in [9.17, 15) is 0 Å². The van der Waals surface area contributed by atoms with E-state index in [2.05, 4.69) is 36.1 Å². The Morgan fingerprint density at radius 1 is 1.19 bits per heavy atom. The van der Waals surface area contributed by atoms with Gasteiger partial charge in [-0.1, -0.05) is 38.0 Å². The topological polar surface area (TPSA) is 24.5 Å². The first kappa shape index (κ1) is 22.4. The average Bonchev–Trinajstić information content (AvgIpc) is 2.46. The van der Waals surface area contributed by atoms with Crippen molar-refractivity contribution in [1.29, 1.82) is 0 Å². The summed E-state index contributed by atoms with van der Waals surface area (Å²) in [4.78, 5) is 2.40. The quantitative estimate of drug-likeness (QED) is 0.555. The molecule has 5 heteroatoms. The van der Waals surface area contributed by atoms with E-state index in [-0.39, 0.29) is 24.8 Å². The number of hydrogen-bond acceptors (Lipinski definition) is 3. The molecular weight excluding hydrogens is 307 g/mol. The molecule has 0 saturated carbocycles. The minimum Gasteiger partial charge on any atom is -0.481 e. The van der Waals surface area contributed by atoms with Crippen molar-refractivity contribution < 1.29 is 4.74 Å². The van der Waals surface area contributed by atoms with Crippen molar-refractivity contribution in [3.8, 4) is 18.1 Å². The maximum Gasteiger partial charge on any atom is 0.148 e. The summed E-state index contributed by atoms with van der Waals surface area (Å²) in [5.74, 6) is 3.36. The van der Waals surface area contributed by atoms with Gasteiger partial charge in [0.15, 0.2) is 0 Å². The normalized spacial score (nSPS) is 9.43. The lowest BCUT2D eigenvalue weighted by atomic mass is 10.2. The number of hydrogen-bond donors (Lipinski definition) is 1. The fourth-order valence-electron chi connectivity index (χ4n) is 1.91. The van der Waals surface area contributed by atoms with Crippen LogP contribution in [0, 0.1) is 12.3 Å². The van der Waals surface area contributed by atoms with Crippen molar-refractivity contribution in [1.82, 2.24) is 10.2 Å². The standard InChI is InChI=1S/C16H24N2O.2ClH/c1-4-13-19-16-10-8-7-9-15(16)14-17-11-12-18(5-2)6-3;;/h1,7-10,17H,5-6,11-14H2,2-3H3;2*1H. The summed E-state index contributed by atoms with van der Waals surface area (Å²) < 4.78 is 5.52. The highest BCUT2D eigenvalue weighted by Crippen LogP contribution is 2.17. The molecule has 120 valence electrons. The molecular formula is C16H26Cl2N2O. The Morgan fingerprint density at radius 2 is 1.86 bits per heavy atom. The fraction of sp³-hybridized carbons (Fsp3) is 0.500. The monoisotopic (exact) mass is 332 g/mol. The molecule has 0 aliphatic heterocycles. The molecule has 0 aliphatic carbocycles. The van der Waals surface area contributed by atoms with Gasteiger partial charge in [0, 0.05) is 25.2 Å². The number of likely N-dealkylation sites (N-methyl/N-ethyl adjacent to an activating group) is 1. The second-order valence-corrected chi connectivity index (χ2v) is 4.30. The molecule has 0 unspecified atom stereocenters. The highest BCUT2D eigenvalue weighted by molar-refractivity contribution is 5.85. The van der Waals surface area contributed by atoms with Crippen LogP contribution in [0.25, 0.3) is 0 Å². The van der Waals surface area contributed by atoms with E-state index in [1.165, 1.54) is 0 Å². The maximum absolute atomic E-state index is 5.52. The van der Waals surface area contributed by atoms with Crippen molar-refractivity contribution >= 4 is 24.8 Å². The van der Waals surface area contributed by atoms with E-state index in [1.54, 1.807) is 0 Å². The second kappa shape index (κ2) is 14.0. The van der Waals surface area contributed by atoms with Gasteiger partial charge in [0.1, 0.15) is 12.4 Å². The average molecular weight is 333 g/mol. The predicted molar refractivity (Wildman–Crippen MR) is 94.8 cm³/mol. The van der Waals surface area contributed by atoms with E-state index in [0.29, 0.717) is 6.61 Å². The molecule has 0 bridgehead atoms. The number of rotatable bonds is 9. The van der Waals surface area contributed by atoms with Crippen LogP contribution in [0.4, 0.5) is 0 Å². The van der Waals surface area contributed by atoms with E-state index < -0.39 is 0 Å². The van der Waals surface area contributed by atoms with Crippen LogP contribution in [-0.2, 0) is 6.54 Å². The van der Waals surface area contributed by atoms with Gasteiger partial charge in [-0.25, -0.2) is 0 Å². The molecule has 1 aromatic carbocycles. The predicted octanol–water partition coefficient (Wildman–Crippen LogP) is 2.97. The molecule has 1 rings (SSSR count). The second-order valence-electron chi connectivity index (χ2n) is 4.30. The molecule has 0 aromatic heterocycles. The zero-order chi connectivity index (χ0) is 13.9. The highest BCUT2D eigenvalue weighted by atomic mass is 35.5. The van der Waals surface area contributed by atoms with Crippen LogP contribution in [-0.4, -0.2) is 37.7 Å². The van der Waals surface area contributed by atoms with Crippen LogP contribution in [0.15, 0.2) is 24.3 Å². The van der Waals surface area contributed by atoms with E-state index in [1.807, 2.05) is 18.2 Å². The summed E-state index contributed by atoms with van der Waals surface area (Å²) in [6, 6.07) is 8.00. The number of halogens is 2. The van der Waals surface area contributed by atoms with E-state index in [4.69, 9.17) is 11.2 Å². The number of benzene rings is 1. The summed E-state index contributed by atoms with van der Waals surface area (Å²) in [6.45, 7) is 9.74. The van der Waals surface area contributed by atoms with Gasteiger partial charge in [-0.15, -0.1) is 31.2 Å². The minimum atomic E-state index is 0. The number of ether oxygens (including phenoxy) is 1. The molecule has 0 atom stereocenters. The molecule has 1 N–H and O–H groups in total. The number of terminal acetylenes is 1. The highest BCUT2D eigenvalue weighted by Gasteiger charge is 2.02. The first-order valence-corrected chi connectivity index (χ1v) is 6.89. The summed E-state index contributed by atoms with van der Waals surface area (Å²) >= 11 is 0. The van der Waals surface area contributed by atoms with Gasteiger partial charge in [0.25, 0.3) is 0 Å². The Balaban J connectivity index is 0. The molecule has 0 heterocycles. The molecule has 0 fully saturated rings. The molecule has 0 radical (unpaired) electrons. The zero-order valence-corrected chi connectivity index (χ0v) is 14.4. The first-order chi connectivity index (χ1) is 9.31. The smallest absolute Gasteiger partial charge is 0.148 e. The number of nitrogens with zero attached hydrogens (tertiary/aromatic N) is 1. The van der Waals surface area contributed by atoms with Gasteiger partial charge in [0.05, 0.1) is 0 Å². The lowest BCUT2D eigenvalue weighted by Gasteiger charge is -2.18. The van der Waals surface area contributed by atoms with Gasteiger partial charge in [-0.2, -0.15) is 0 Å². The zero-order valence-electron chi connectivity index (χ0n) is 12.8. The lowest BCUT2D eigenvalue weighted by Crippen LogP contribution is -2.31. The van der Waals surface area contributed by atoms with Crippen LogP contribution < -0.4 is 10.1 Å². The SMILES string of the molecule is C#CCOc1ccccc1CNCCN(CC)CC.Cl.Cl. The molecule has 0 saturated heterocycles. The van der Waals surface area contributed by atoms with Gasteiger partial charge < -0.3 is 15.0 Å². The van der Waals surface area contributed by atoms with Crippen LogP contribution in [0.1, 0.15) is 19.4 Å². The van der Waals surface area contributed by atoms with Gasteiger partial charge in [-0.3, -0.25) is 0 Å². The summed E-state index contributed by atoms with van der Waals surface area (Å²) in [5, 5.41) is 3.44. The fourth-order valence-corrected chi connectivity index (χ4v) is 1.91. The lowest BCUT2D eigenvalue weighted by molar-refractivity contribution is 0.301. The molecule has 21 heavy (non-hydrogen) atoms. The van der Waals surface area contributed by atoms with Gasteiger partial charge >= 0.3 is 0 Å². The largest absolute Gasteiger partial charge is 0.481 e. The van der Waals surface area contributed by atoms with E-state index in [0.717, 1.165) is 44.0 Å². The Hall–Kier alpha value is -0.920. The third-order valence-electron chi connectivity index (χ3n) is 3.10. The van der Waals surface area contributed by atoms with Crippen molar-refractivity contribution in [2.24, 2.45) is 0 Å². The Kier molecular flexibility index (Phi) is 14.9. The van der Waals surface area contributed by atoms with Crippen LogP contribution in [0.2, 0.25) is 0 Å². The maximum atomic E-state index is 5.52.